The van der Waals surface area contributed by atoms with Crippen molar-refractivity contribution < 1.29 is 5.11 Å². The van der Waals surface area contributed by atoms with E-state index in [1.807, 2.05) is 24.3 Å². The lowest BCUT2D eigenvalue weighted by atomic mass is 10.0. The Hall–Kier alpha value is -0.970. The van der Waals surface area contributed by atoms with Crippen LogP contribution in [-0.2, 0) is 0 Å². The Morgan fingerprint density at radius 2 is 2.22 bits per heavy atom. The lowest BCUT2D eigenvalue weighted by molar-refractivity contribution is 0.244. The van der Waals surface area contributed by atoms with Crippen molar-refractivity contribution in [3.63, 3.8) is 0 Å². The number of hydrogen-bond acceptors (Lipinski definition) is 3. The van der Waals surface area contributed by atoms with Crippen molar-refractivity contribution in [1.82, 2.24) is 10.3 Å². The van der Waals surface area contributed by atoms with Gasteiger partial charge in [0.05, 0.1) is 18.2 Å². The fourth-order valence-electron chi connectivity index (χ4n) is 2.22. The van der Waals surface area contributed by atoms with E-state index in [9.17, 15) is 5.11 Å². The van der Waals surface area contributed by atoms with Crippen molar-refractivity contribution in [3.8, 4) is 0 Å². The van der Waals surface area contributed by atoms with Crippen LogP contribution < -0.4 is 5.32 Å². The van der Waals surface area contributed by atoms with Crippen molar-refractivity contribution in [2.75, 3.05) is 6.61 Å². The molecule has 0 aliphatic heterocycles. The van der Waals surface area contributed by atoms with E-state index in [2.05, 4.69) is 26.2 Å². The summed E-state index contributed by atoms with van der Waals surface area (Å²) in [5.41, 5.74) is 2.03. The Balaban J connectivity index is 2.06. The summed E-state index contributed by atoms with van der Waals surface area (Å²) in [5.74, 6) is 0. The van der Waals surface area contributed by atoms with Crippen LogP contribution in [0.25, 0.3) is 10.9 Å². The number of fused-ring (bicyclic) bond motifs is 1. The molecule has 18 heavy (non-hydrogen) atoms. The minimum Gasteiger partial charge on any atom is -0.394 e. The molecule has 1 atom stereocenters. The molecule has 1 aliphatic rings. The molecule has 94 valence electrons. The standard InChI is InChI=1S/C14H15BrN2O/c15-12-6-5-11(13(8-18)17-9-3-4-9)14-10(12)2-1-7-16-14/h1-2,5-7,9,13,17-18H,3-4,8H2. The molecule has 0 radical (unpaired) electrons. The second-order valence-corrected chi connectivity index (χ2v) is 5.57. The molecule has 0 bridgehead atoms. The molecule has 2 aromatic rings. The maximum atomic E-state index is 9.58. The quantitative estimate of drug-likeness (QED) is 0.913. The fraction of sp³-hybridized carbons (Fsp3) is 0.357. The van der Waals surface area contributed by atoms with Gasteiger partial charge in [-0.2, -0.15) is 0 Å². The molecule has 3 nitrogen and oxygen atoms in total. The highest BCUT2D eigenvalue weighted by molar-refractivity contribution is 9.10. The Kier molecular flexibility index (Phi) is 3.33. The van der Waals surface area contributed by atoms with E-state index in [-0.39, 0.29) is 12.6 Å². The van der Waals surface area contributed by atoms with E-state index in [4.69, 9.17) is 0 Å². The Morgan fingerprint density at radius 1 is 1.39 bits per heavy atom. The van der Waals surface area contributed by atoms with Crippen LogP contribution in [0.5, 0.6) is 0 Å². The van der Waals surface area contributed by atoms with Gasteiger partial charge in [0, 0.05) is 22.1 Å². The van der Waals surface area contributed by atoms with Gasteiger partial charge in [-0.15, -0.1) is 0 Å². The summed E-state index contributed by atoms with van der Waals surface area (Å²) in [6.07, 6.45) is 4.21. The van der Waals surface area contributed by atoms with Gasteiger partial charge in [-0.1, -0.05) is 28.1 Å². The first-order valence-corrected chi connectivity index (χ1v) is 6.99. The number of nitrogens with one attached hydrogen (secondary N) is 1. The Morgan fingerprint density at radius 3 is 2.94 bits per heavy atom. The molecule has 1 saturated carbocycles. The second kappa shape index (κ2) is 4.96. The molecule has 0 saturated heterocycles. The number of rotatable bonds is 4. The van der Waals surface area contributed by atoms with E-state index in [1.54, 1.807) is 6.20 Å². The van der Waals surface area contributed by atoms with E-state index < -0.39 is 0 Å². The molecule has 1 heterocycles. The van der Waals surface area contributed by atoms with Gasteiger partial charge < -0.3 is 10.4 Å². The maximum Gasteiger partial charge on any atom is 0.0761 e. The predicted octanol–water partition coefficient (Wildman–Crippen LogP) is 2.78. The molecule has 1 aliphatic carbocycles. The van der Waals surface area contributed by atoms with E-state index in [0.29, 0.717) is 6.04 Å². The molecule has 1 unspecified atom stereocenters. The zero-order valence-corrected chi connectivity index (χ0v) is 11.5. The fourth-order valence-corrected chi connectivity index (χ4v) is 2.67. The third-order valence-corrected chi connectivity index (χ3v) is 4.01. The number of aliphatic hydroxyl groups is 1. The van der Waals surface area contributed by atoms with E-state index >= 15 is 0 Å². The third-order valence-electron chi connectivity index (χ3n) is 3.32. The highest BCUT2D eigenvalue weighted by Crippen LogP contribution is 2.30. The second-order valence-electron chi connectivity index (χ2n) is 4.71. The summed E-state index contributed by atoms with van der Waals surface area (Å²) in [5, 5.41) is 14.1. The molecule has 0 spiro atoms. The summed E-state index contributed by atoms with van der Waals surface area (Å²) in [4.78, 5) is 4.46. The molecule has 1 fully saturated rings. The van der Waals surface area contributed by atoms with Crippen molar-refractivity contribution in [1.29, 1.82) is 0 Å². The van der Waals surface area contributed by atoms with Gasteiger partial charge in [0.15, 0.2) is 0 Å². The molecule has 3 rings (SSSR count). The average molecular weight is 307 g/mol. The first-order chi connectivity index (χ1) is 8.79. The van der Waals surface area contributed by atoms with Gasteiger partial charge >= 0.3 is 0 Å². The monoisotopic (exact) mass is 306 g/mol. The van der Waals surface area contributed by atoms with Crippen molar-refractivity contribution in [2.24, 2.45) is 0 Å². The van der Waals surface area contributed by atoms with Crippen molar-refractivity contribution in [2.45, 2.75) is 24.9 Å². The number of aromatic nitrogens is 1. The van der Waals surface area contributed by atoms with Gasteiger partial charge in [-0.05, 0) is 30.5 Å². The minimum atomic E-state index is -0.0250. The Labute approximate surface area is 114 Å². The third kappa shape index (κ3) is 2.28. The van der Waals surface area contributed by atoms with Crippen LogP contribution in [0.2, 0.25) is 0 Å². The average Bonchev–Trinajstić information content (AvgIpc) is 3.21. The van der Waals surface area contributed by atoms with Crippen LogP contribution in [0.4, 0.5) is 0 Å². The summed E-state index contributed by atoms with van der Waals surface area (Å²) >= 11 is 3.54. The summed E-state index contributed by atoms with van der Waals surface area (Å²) < 4.78 is 1.04. The minimum absolute atomic E-state index is 0.0250. The highest BCUT2D eigenvalue weighted by Gasteiger charge is 2.26. The molecule has 0 amide bonds. The van der Waals surface area contributed by atoms with E-state index in [1.165, 1.54) is 12.8 Å². The van der Waals surface area contributed by atoms with Gasteiger partial charge in [0.2, 0.25) is 0 Å². The molecule has 2 N–H and O–H groups in total. The normalized spacial score (nSPS) is 17.0. The van der Waals surface area contributed by atoms with Gasteiger partial charge in [-0.3, -0.25) is 4.98 Å². The number of pyridine rings is 1. The highest BCUT2D eigenvalue weighted by atomic mass is 79.9. The molecule has 1 aromatic heterocycles. The first kappa shape index (κ1) is 12.1. The van der Waals surface area contributed by atoms with Crippen LogP contribution in [0, 0.1) is 0 Å². The van der Waals surface area contributed by atoms with Crippen LogP contribution in [-0.4, -0.2) is 22.7 Å². The zero-order chi connectivity index (χ0) is 12.5. The topological polar surface area (TPSA) is 45.1 Å². The lowest BCUT2D eigenvalue weighted by Gasteiger charge is -2.18. The van der Waals surface area contributed by atoms with Gasteiger partial charge in [0.1, 0.15) is 0 Å². The predicted molar refractivity (Wildman–Crippen MR) is 75.4 cm³/mol. The molecule has 4 heteroatoms. The number of hydrogen-bond donors (Lipinski definition) is 2. The largest absolute Gasteiger partial charge is 0.394 e. The molecule has 1 aromatic carbocycles. The van der Waals surface area contributed by atoms with Crippen molar-refractivity contribution >= 4 is 26.8 Å². The number of benzene rings is 1. The number of nitrogens with zero attached hydrogens (tertiary/aromatic N) is 1. The first-order valence-electron chi connectivity index (χ1n) is 6.19. The zero-order valence-electron chi connectivity index (χ0n) is 9.94. The number of aliphatic hydroxyl groups excluding tert-OH is 1. The SMILES string of the molecule is OCC(NC1CC1)c1ccc(Br)c2cccnc12. The van der Waals surface area contributed by atoms with E-state index in [0.717, 1.165) is 20.9 Å². The smallest absolute Gasteiger partial charge is 0.0761 e. The lowest BCUT2D eigenvalue weighted by Crippen LogP contribution is -2.26. The maximum absolute atomic E-state index is 9.58. The van der Waals surface area contributed by atoms with Crippen LogP contribution in [0.15, 0.2) is 34.9 Å². The summed E-state index contributed by atoms with van der Waals surface area (Å²) in [7, 11) is 0. The van der Waals surface area contributed by atoms with Crippen molar-refractivity contribution in [3.05, 3.63) is 40.5 Å². The summed E-state index contributed by atoms with van der Waals surface area (Å²) in [6, 6.07) is 8.57. The van der Waals surface area contributed by atoms with Crippen LogP contribution in [0.3, 0.4) is 0 Å². The van der Waals surface area contributed by atoms with Gasteiger partial charge in [-0.25, -0.2) is 0 Å². The van der Waals surface area contributed by atoms with Gasteiger partial charge in [0.25, 0.3) is 0 Å². The molecular weight excluding hydrogens is 292 g/mol. The Bertz CT molecular complexity index is 569. The van der Waals surface area contributed by atoms with Crippen LogP contribution >= 0.6 is 15.9 Å². The van der Waals surface area contributed by atoms with Crippen LogP contribution in [0.1, 0.15) is 24.4 Å². The molecular formula is C14H15BrN2O. The summed E-state index contributed by atoms with van der Waals surface area (Å²) in [6.45, 7) is 0.101. The number of halogens is 1.